The van der Waals surface area contributed by atoms with Crippen molar-refractivity contribution in [1.29, 1.82) is 0 Å². The van der Waals surface area contributed by atoms with Crippen molar-refractivity contribution in [3.05, 3.63) is 17.9 Å². The molecule has 4 heteroatoms. The van der Waals surface area contributed by atoms with E-state index < -0.39 is 18.2 Å². The molecular formula is C12H15NO3. The number of nitrogens with zero attached hydrogens (tertiary/aromatic N) is 1. The molecule has 0 aromatic rings. The van der Waals surface area contributed by atoms with E-state index in [0.29, 0.717) is 5.57 Å². The number of amides is 1. The van der Waals surface area contributed by atoms with Crippen molar-refractivity contribution >= 4 is 5.91 Å². The molecule has 0 aromatic heterocycles. The summed E-state index contributed by atoms with van der Waals surface area (Å²) in [4.78, 5) is 13.0. The van der Waals surface area contributed by atoms with Gasteiger partial charge in [0.25, 0.3) is 5.91 Å². The van der Waals surface area contributed by atoms with E-state index in [9.17, 15) is 9.90 Å². The second-order valence-electron chi connectivity index (χ2n) is 3.62. The Hall–Kier alpha value is -1.53. The SMILES string of the molecule is C#CCN1C(=O)[C@H](OC)[C@@H]1[C@H](O)C(C)=C=C. The van der Waals surface area contributed by atoms with Crippen LogP contribution in [0.15, 0.2) is 17.9 Å². The molecule has 86 valence electrons. The highest BCUT2D eigenvalue weighted by atomic mass is 16.5. The van der Waals surface area contributed by atoms with E-state index >= 15 is 0 Å². The van der Waals surface area contributed by atoms with Crippen LogP contribution in [0, 0.1) is 12.3 Å². The minimum atomic E-state index is -0.839. The molecule has 0 spiro atoms. The number of ether oxygens (including phenoxy) is 1. The number of terminal acetylenes is 1. The van der Waals surface area contributed by atoms with Crippen molar-refractivity contribution in [2.75, 3.05) is 13.7 Å². The van der Waals surface area contributed by atoms with E-state index in [-0.39, 0.29) is 12.5 Å². The van der Waals surface area contributed by atoms with E-state index in [4.69, 9.17) is 11.2 Å². The molecule has 0 bridgehead atoms. The van der Waals surface area contributed by atoms with Crippen LogP contribution in [0.1, 0.15) is 6.92 Å². The zero-order chi connectivity index (χ0) is 12.3. The summed E-state index contributed by atoms with van der Waals surface area (Å²) in [6.07, 6.45) is 3.69. The summed E-state index contributed by atoms with van der Waals surface area (Å²) >= 11 is 0. The van der Waals surface area contributed by atoms with Crippen LogP contribution in [0.2, 0.25) is 0 Å². The van der Waals surface area contributed by atoms with Crippen molar-refractivity contribution in [2.24, 2.45) is 0 Å². The van der Waals surface area contributed by atoms with Gasteiger partial charge in [-0.2, -0.15) is 0 Å². The number of carbonyl (C=O) groups excluding carboxylic acids is 1. The van der Waals surface area contributed by atoms with Crippen molar-refractivity contribution in [2.45, 2.75) is 25.2 Å². The molecule has 4 nitrogen and oxygen atoms in total. The second kappa shape index (κ2) is 5.00. The van der Waals surface area contributed by atoms with Crippen LogP contribution in [-0.4, -0.2) is 47.8 Å². The van der Waals surface area contributed by atoms with E-state index in [1.54, 1.807) is 6.92 Å². The lowest BCUT2D eigenvalue weighted by Gasteiger charge is -2.47. The number of hydrogen-bond acceptors (Lipinski definition) is 3. The van der Waals surface area contributed by atoms with Crippen LogP contribution < -0.4 is 0 Å². The zero-order valence-electron chi connectivity index (χ0n) is 9.43. The Kier molecular flexibility index (Phi) is 3.92. The highest BCUT2D eigenvalue weighted by molar-refractivity contribution is 5.89. The fourth-order valence-electron chi connectivity index (χ4n) is 1.76. The average Bonchev–Trinajstić information content (AvgIpc) is 2.30. The Balaban J connectivity index is 2.87. The Morgan fingerprint density at radius 2 is 2.44 bits per heavy atom. The monoisotopic (exact) mass is 221 g/mol. The van der Waals surface area contributed by atoms with E-state index in [2.05, 4.69) is 18.2 Å². The number of methoxy groups -OCH3 is 1. The fourth-order valence-corrected chi connectivity index (χ4v) is 1.76. The van der Waals surface area contributed by atoms with Gasteiger partial charge < -0.3 is 14.7 Å². The summed E-state index contributed by atoms with van der Waals surface area (Å²) in [7, 11) is 1.43. The standard InChI is InChI=1S/C12H15NO3/c1-5-7-13-9(10(14)8(3)6-2)11(16-4)12(13)15/h1,9-11,14H,2,7H2,3-4H3/t9-,10+,11+/m0/s1. The maximum absolute atomic E-state index is 11.6. The van der Waals surface area contributed by atoms with Gasteiger partial charge in [-0.15, -0.1) is 12.2 Å². The number of β-lactam (4-membered cyclic amide) rings is 1. The summed E-state index contributed by atoms with van der Waals surface area (Å²) < 4.78 is 5.02. The third-order valence-corrected chi connectivity index (χ3v) is 2.76. The molecular weight excluding hydrogens is 206 g/mol. The molecule has 0 unspecified atom stereocenters. The molecule has 1 fully saturated rings. The van der Waals surface area contributed by atoms with Gasteiger partial charge in [-0.05, 0) is 12.5 Å². The van der Waals surface area contributed by atoms with Crippen LogP contribution in [0.4, 0.5) is 0 Å². The average molecular weight is 221 g/mol. The summed E-state index contributed by atoms with van der Waals surface area (Å²) in [6, 6.07) is -0.442. The van der Waals surface area contributed by atoms with Gasteiger partial charge in [0, 0.05) is 7.11 Å². The van der Waals surface area contributed by atoms with Gasteiger partial charge in [-0.25, -0.2) is 0 Å². The topological polar surface area (TPSA) is 49.8 Å². The Bertz CT molecular complexity index is 376. The molecule has 1 saturated heterocycles. The summed E-state index contributed by atoms with van der Waals surface area (Å²) in [5.74, 6) is 2.19. The minimum absolute atomic E-state index is 0.171. The highest BCUT2D eigenvalue weighted by Gasteiger charge is 2.51. The van der Waals surface area contributed by atoms with Crippen LogP contribution in [0.25, 0.3) is 0 Å². The molecule has 16 heavy (non-hydrogen) atoms. The van der Waals surface area contributed by atoms with Crippen LogP contribution >= 0.6 is 0 Å². The highest BCUT2D eigenvalue weighted by Crippen LogP contribution is 2.27. The van der Waals surface area contributed by atoms with Crippen molar-refractivity contribution in [1.82, 2.24) is 4.90 Å². The van der Waals surface area contributed by atoms with E-state index in [1.165, 1.54) is 12.0 Å². The van der Waals surface area contributed by atoms with Crippen molar-refractivity contribution < 1.29 is 14.6 Å². The van der Waals surface area contributed by atoms with Gasteiger partial charge in [0.2, 0.25) is 0 Å². The Labute approximate surface area is 95.2 Å². The van der Waals surface area contributed by atoms with Gasteiger partial charge in [-0.1, -0.05) is 12.5 Å². The molecule has 1 N–H and O–H groups in total. The first-order valence-corrected chi connectivity index (χ1v) is 4.89. The van der Waals surface area contributed by atoms with E-state index in [1.807, 2.05) is 0 Å². The number of aliphatic hydroxyl groups excluding tert-OH is 1. The molecule has 0 saturated carbocycles. The Morgan fingerprint density at radius 3 is 2.88 bits per heavy atom. The lowest BCUT2D eigenvalue weighted by Crippen LogP contribution is -2.69. The van der Waals surface area contributed by atoms with Crippen LogP contribution in [0.3, 0.4) is 0 Å². The molecule has 0 radical (unpaired) electrons. The smallest absolute Gasteiger partial charge is 0.255 e. The van der Waals surface area contributed by atoms with Crippen molar-refractivity contribution in [3.63, 3.8) is 0 Å². The largest absolute Gasteiger partial charge is 0.386 e. The van der Waals surface area contributed by atoms with Gasteiger partial charge in [0.05, 0.1) is 12.6 Å². The number of hydrogen-bond donors (Lipinski definition) is 1. The van der Waals surface area contributed by atoms with Gasteiger partial charge in [-0.3, -0.25) is 4.79 Å². The number of likely N-dealkylation sites (tertiary alicyclic amines) is 1. The molecule has 3 atom stereocenters. The summed E-state index contributed by atoms with van der Waals surface area (Å²) in [5, 5.41) is 9.97. The molecule has 1 aliphatic heterocycles. The number of aliphatic hydroxyl groups is 1. The van der Waals surface area contributed by atoms with Crippen LogP contribution in [0.5, 0.6) is 0 Å². The van der Waals surface area contributed by atoms with Gasteiger partial charge in [0.15, 0.2) is 6.10 Å². The first-order chi connectivity index (χ1) is 7.58. The number of rotatable bonds is 4. The van der Waals surface area contributed by atoms with Gasteiger partial charge in [0.1, 0.15) is 6.10 Å². The minimum Gasteiger partial charge on any atom is -0.386 e. The molecule has 1 amide bonds. The zero-order valence-corrected chi connectivity index (χ0v) is 9.43. The fraction of sp³-hybridized carbons (Fsp3) is 0.500. The summed E-state index contributed by atoms with van der Waals surface area (Å²) in [6.45, 7) is 5.32. The third kappa shape index (κ3) is 1.89. The maximum Gasteiger partial charge on any atom is 0.255 e. The van der Waals surface area contributed by atoms with Crippen LogP contribution in [-0.2, 0) is 9.53 Å². The lowest BCUT2D eigenvalue weighted by atomic mass is 9.89. The molecule has 1 rings (SSSR count). The second-order valence-corrected chi connectivity index (χ2v) is 3.62. The van der Waals surface area contributed by atoms with Crippen molar-refractivity contribution in [3.8, 4) is 12.3 Å². The molecule has 1 aliphatic rings. The summed E-state index contributed by atoms with van der Waals surface area (Å²) in [5.41, 5.74) is 3.18. The number of carbonyl (C=O) groups is 1. The Morgan fingerprint density at radius 1 is 1.81 bits per heavy atom. The lowest BCUT2D eigenvalue weighted by molar-refractivity contribution is -0.176. The molecule has 1 heterocycles. The molecule has 0 aromatic carbocycles. The third-order valence-electron chi connectivity index (χ3n) is 2.76. The maximum atomic E-state index is 11.6. The normalized spacial score (nSPS) is 25.4. The first-order valence-electron chi connectivity index (χ1n) is 4.89. The van der Waals surface area contributed by atoms with Gasteiger partial charge >= 0.3 is 0 Å². The molecule has 0 aliphatic carbocycles. The predicted molar refractivity (Wildman–Crippen MR) is 59.5 cm³/mol. The first kappa shape index (κ1) is 12.5. The quantitative estimate of drug-likeness (QED) is 0.411. The predicted octanol–water partition coefficient (Wildman–Crippen LogP) is -0.0625. The van der Waals surface area contributed by atoms with E-state index in [0.717, 1.165) is 0 Å².